The zero-order valence-electron chi connectivity index (χ0n) is 9.73. The predicted molar refractivity (Wildman–Crippen MR) is 68.5 cm³/mol. The first-order valence-electron chi connectivity index (χ1n) is 5.39. The first-order chi connectivity index (χ1) is 8.63. The van der Waals surface area contributed by atoms with Gasteiger partial charge in [-0.1, -0.05) is 29.8 Å². The highest BCUT2D eigenvalue weighted by Crippen LogP contribution is 2.35. The molecule has 94 valence electrons. The molecule has 2 nitrogen and oxygen atoms in total. The third kappa shape index (κ3) is 2.47. The normalized spacial score (nSPS) is 12.2. The first kappa shape index (κ1) is 12.9. The molecule has 0 heterocycles. The van der Waals surface area contributed by atoms with Gasteiger partial charge in [-0.05, 0) is 29.8 Å². The second-order valence-corrected chi connectivity index (χ2v) is 4.22. The average Bonchev–Trinajstić information content (AvgIpc) is 2.37. The summed E-state index contributed by atoms with van der Waals surface area (Å²) in [6.45, 7) is 0. The molecule has 0 spiro atoms. The Morgan fingerprint density at radius 3 is 2.61 bits per heavy atom. The van der Waals surface area contributed by atoms with Crippen LogP contribution in [0.1, 0.15) is 17.2 Å². The topological polar surface area (TPSA) is 29.5 Å². The Bertz CT molecular complexity index is 557. The number of methoxy groups -OCH3 is 1. The first-order valence-corrected chi connectivity index (χ1v) is 5.77. The van der Waals surface area contributed by atoms with E-state index in [0.29, 0.717) is 21.9 Å². The number of hydrogen-bond acceptors (Lipinski definition) is 2. The molecule has 0 aliphatic heterocycles. The molecular weight excluding hydrogens is 255 g/mol. The zero-order valence-corrected chi connectivity index (χ0v) is 10.5. The lowest BCUT2D eigenvalue weighted by molar-refractivity contribution is 0.214. The van der Waals surface area contributed by atoms with E-state index in [-0.39, 0.29) is 0 Å². The van der Waals surface area contributed by atoms with Gasteiger partial charge in [0, 0.05) is 5.56 Å². The van der Waals surface area contributed by atoms with Gasteiger partial charge in [0.1, 0.15) is 17.7 Å². The van der Waals surface area contributed by atoms with Crippen molar-refractivity contribution >= 4 is 11.6 Å². The fourth-order valence-corrected chi connectivity index (χ4v) is 2.07. The zero-order chi connectivity index (χ0) is 13.1. The maximum Gasteiger partial charge on any atom is 0.126 e. The lowest BCUT2D eigenvalue weighted by Crippen LogP contribution is -2.03. The summed E-state index contributed by atoms with van der Waals surface area (Å²) >= 11 is 6.06. The van der Waals surface area contributed by atoms with Crippen molar-refractivity contribution in [3.63, 3.8) is 0 Å². The molecule has 18 heavy (non-hydrogen) atoms. The van der Waals surface area contributed by atoms with Crippen LogP contribution in [-0.4, -0.2) is 12.2 Å². The minimum atomic E-state index is -1.02. The number of halogens is 2. The molecule has 0 radical (unpaired) electrons. The van der Waals surface area contributed by atoms with Gasteiger partial charge >= 0.3 is 0 Å². The molecule has 2 rings (SSSR count). The van der Waals surface area contributed by atoms with E-state index in [1.165, 1.54) is 25.3 Å². The minimum absolute atomic E-state index is 0.381. The molecule has 0 saturated heterocycles. The SMILES string of the molecule is COc1cccc(Cl)c1C(O)c1cccc(F)c1. The summed E-state index contributed by atoms with van der Waals surface area (Å²) in [5.41, 5.74) is 0.869. The van der Waals surface area contributed by atoms with Gasteiger partial charge in [0.15, 0.2) is 0 Å². The number of ether oxygens (including phenoxy) is 1. The summed E-state index contributed by atoms with van der Waals surface area (Å²) in [4.78, 5) is 0. The fraction of sp³-hybridized carbons (Fsp3) is 0.143. The summed E-state index contributed by atoms with van der Waals surface area (Å²) in [7, 11) is 1.49. The Balaban J connectivity index is 2.48. The third-order valence-electron chi connectivity index (χ3n) is 2.67. The Kier molecular flexibility index (Phi) is 3.84. The van der Waals surface area contributed by atoms with E-state index in [1.54, 1.807) is 24.3 Å². The van der Waals surface area contributed by atoms with Crippen molar-refractivity contribution in [2.45, 2.75) is 6.10 Å². The molecule has 1 N–H and O–H groups in total. The van der Waals surface area contributed by atoms with Crippen molar-refractivity contribution in [1.29, 1.82) is 0 Å². The van der Waals surface area contributed by atoms with E-state index in [2.05, 4.69) is 0 Å². The van der Waals surface area contributed by atoms with Crippen molar-refractivity contribution in [2.75, 3.05) is 7.11 Å². The van der Waals surface area contributed by atoms with E-state index in [4.69, 9.17) is 16.3 Å². The fourth-order valence-electron chi connectivity index (χ4n) is 1.80. The van der Waals surface area contributed by atoms with Crippen molar-refractivity contribution in [3.05, 3.63) is 64.4 Å². The largest absolute Gasteiger partial charge is 0.496 e. The van der Waals surface area contributed by atoms with Crippen molar-refractivity contribution in [3.8, 4) is 5.75 Å². The highest BCUT2D eigenvalue weighted by Gasteiger charge is 2.19. The van der Waals surface area contributed by atoms with Crippen molar-refractivity contribution in [1.82, 2.24) is 0 Å². The van der Waals surface area contributed by atoms with E-state index in [1.807, 2.05) is 0 Å². The van der Waals surface area contributed by atoms with E-state index >= 15 is 0 Å². The highest BCUT2D eigenvalue weighted by molar-refractivity contribution is 6.31. The number of rotatable bonds is 3. The van der Waals surface area contributed by atoms with Gasteiger partial charge in [0.05, 0.1) is 12.1 Å². The maximum atomic E-state index is 13.2. The van der Waals surface area contributed by atoms with E-state index in [0.717, 1.165) is 0 Å². The molecule has 4 heteroatoms. The van der Waals surface area contributed by atoms with E-state index < -0.39 is 11.9 Å². The predicted octanol–water partition coefficient (Wildman–Crippen LogP) is 3.57. The van der Waals surface area contributed by atoms with Crippen LogP contribution in [0.15, 0.2) is 42.5 Å². The number of hydrogen-bond donors (Lipinski definition) is 1. The second kappa shape index (κ2) is 5.38. The van der Waals surface area contributed by atoms with Gasteiger partial charge in [-0.2, -0.15) is 0 Å². The number of aliphatic hydroxyl groups is 1. The smallest absolute Gasteiger partial charge is 0.126 e. The molecule has 0 saturated carbocycles. The van der Waals surface area contributed by atoms with Crippen molar-refractivity contribution < 1.29 is 14.2 Å². The molecule has 1 unspecified atom stereocenters. The summed E-state index contributed by atoms with van der Waals surface area (Å²) in [6, 6.07) is 10.8. The molecule has 1 atom stereocenters. The van der Waals surface area contributed by atoms with Gasteiger partial charge in [0.25, 0.3) is 0 Å². The molecule has 2 aromatic rings. The van der Waals surface area contributed by atoms with Crippen LogP contribution in [0, 0.1) is 5.82 Å². The van der Waals surface area contributed by atoms with Crippen LogP contribution < -0.4 is 4.74 Å². The van der Waals surface area contributed by atoms with Gasteiger partial charge in [-0.15, -0.1) is 0 Å². The molecule has 0 aliphatic rings. The van der Waals surface area contributed by atoms with Crippen LogP contribution in [-0.2, 0) is 0 Å². The van der Waals surface area contributed by atoms with Gasteiger partial charge in [-0.3, -0.25) is 0 Å². The van der Waals surface area contributed by atoms with Gasteiger partial charge in [0.2, 0.25) is 0 Å². The quantitative estimate of drug-likeness (QED) is 0.920. The minimum Gasteiger partial charge on any atom is -0.496 e. The summed E-state index contributed by atoms with van der Waals surface area (Å²) in [5.74, 6) is 0.0665. The van der Waals surface area contributed by atoms with Crippen LogP contribution >= 0.6 is 11.6 Å². The van der Waals surface area contributed by atoms with Crippen LogP contribution in [0.2, 0.25) is 5.02 Å². The molecule has 0 fully saturated rings. The Morgan fingerprint density at radius 1 is 1.22 bits per heavy atom. The number of benzene rings is 2. The molecule has 0 bridgehead atoms. The summed E-state index contributed by atoms with van der Waals surface area (Å²) < 4.78 is 18.3. The highest BCUT2D eigenvalue weighted by atomic mass is 35.5. The maximum absolute atomic E-state index is 13.2. The third-order valence-corrected chi connectivity index (χ3v) is 3.00. The monoisotopic (exact) mass is 266 g/mol. The Morgan fingerprint density at radius 2 is 1.94 bits per heavy atom. The average molecular weight is 267 g/mol. The van der Waals surface area contributed by atoms with E-state index in [9.17, 15) is 9.50 Å². The Hall–Kier alpha value is -1.58. The van der Waals surface area contributed by atoms with Crippen LogP contribution in [0.4, 0.5) is 4.39 Å². The van der Waals surface area contributed by atoms with Crippen LogP contribution in [0.25, 0.3) is 0 Å². The summed E-state index contributed by atoms with van der Waals surface area (Å²) in [5, 5.41) is 10.7. The number of aliphatic hydroxyl groups excluding tert-OH is 1. The standard InChI is InChI=1S/C14H12ClFO2/c1-18-12-7-3-6-11(15)13(12)14(17)9-4-2-5-10(16)8-9/h2-8,14,17H,1H3. The lowest BCUT2D eigenvalue weighted by atomic mass is 10.0. The molecule has 0 amide bonds. The molecule has 2 aromatic carbocycles. The van der Waals surface area contributed by atoms with Crippen molar-refractivity contribution in [2.24, 2.45) is 0 Å². The summed E-state index contributed by atoms with van der Waals surface area (Å²) in [6.07, 6.45) is -1.02. The molecular formula is C14H12ClFO2. The van der Waals surface area contributed by atoms with Gasteiger partial charge < -0.3 is 9.84 Å². The van der Waals surface area contributed by atoms with Gasteiger partial charge in [-0.25, -0.2) is 4.39 Å². The lowest BCUT2D eigenvalue weighted by Gasteiger charge is -2.16. The van der Waals surface area contributed by atoms with Crippen LogP contribution in [0.5, 0.6) is 5.75 Å². The molecule has 0 aromatic heterocycles. The molecule has 0 aliphatic carbocycles. The van der Waals surface area contributed by atoms with Crippen LogP contribution in [0.3, 0.4) is 0 Å². The Labute approximate surface area is 110 Å². The second-order valence-electron chi connectivity index (χ2n) is 3.81.